The highest BCUT2D eigenvalue weighted by atomic mass is 79.9. The number of furan rings is 1. The smallest absolute Gasteiger partial charge is 0.255 e. The van der Waals surface area contributed by atoms with Gasteiger partial charge < -0.3 is 19.8 Å². The Kier molecular flexibility index (Phi) is 3.98. The van der Waals surface area contributed by atoms with E-state index >= 15 is 0 Å². The largest absolute Gasteiger partial charge is 0.457 e. The van der Waals surface area contributed by atoms with Crippen LogP contribution in [0.5, 0.6) is 0 Å². The van der Waals surface area contributed by atoms with E-state index < -0.39 is 0 Å². The first-order chi connectivity index (χ1) is 7.77. The van der Waals surface area contributed by atoms with Crippen molar-refractivity contribution in [1.82, 2.24) is 10.6 Å². The van der Waals surface area contributed by atoms with Crippen molar-refractivity contribution in [3.8, 4) is 0 Å². The Balaban J connectivity index is 1.81. The van der Waals surface area contributed by atoms with Gasteiger partial charge in [-0.15, -0.1) is 0 Å². The van der Waals surface area contributed by atoms with Crippen LogP contribution in [0, 0.1) is 0 Å². The van der Waals surface area contributed by atoms with E-state index in [0.29, 0.717) is 23.4 Å². The molecule has 1 aliphatic rings. The third-order valence-corrected chi connectivity index (χ3v) is 2.97. The third-order valence-electron chi connectivity index (χ3n) is 2.36. The van der Waals surface area contributed by atoms with Gasteiger partial charge in [0, 0.05) is 19.6 Å². The van der Waals surface area contributed by atoms with Crippen molar-refractivity contribution in [2.75, 3.05) is 26.2 Å². The Morgan fingerprint density at radius 2 is 2.56 bits per heavy atom. The van der Waals surface area contributed by atoms with E-state index in [2.05, 4.69) is 26.6 Å². The highest BCUT2D eigenvalue weighted by Crippen LogP contribution is 2.16. The van der Waals surface area contributed by atoms with Gasteiger partial charge in [-0.25, -0.2) is 0 Å². The molecule has 1 aliphatic heterocycles. The molecule has 1 fully saturated rings. The first kappa shape index (κ1) is 11.6. The maximum atomic E-state index is 11.7. The molecule has 2 rings (SSSR count). The number of morpholine rings is 1. The van der Waals surface area contributed by atoms with E-state index in [-0.39, 0.29) is 12.0 Å². The number of ether oxygens (including phenoxy) is 1. The zero-order chi connectivity index (χ0) is 11.4. The molecule has 0 radical (unpaired) electrons. The summed E-state index contributed by atoms with van der Waals surface area (Å²) in [4.78, 5) is 11.7. The van der Waals surface area contributed by atoms with Crippen LogP contribution in [0.15, 0.2) is 21.4 Å². The monoisotopic (exact) mass is 288 g/mol. The van der Waals surface area contributed by atoms with E-state index in [1.165, 1.54) is 6.26 Å². The minimum absolute atomic E-state index is 0.0448. The van der Waals surface area contributed by atoms with Gasteiger partial charge >= 0.3 is 0 Å². The summed E-state index contributed by atoms with van der Waals surface area (Å²) in [6.45, 7) is 2.84. The van der Waals surface area contributed by atoms with Gasteiger partial charge in [-0.05, 0) is 22.0 Å². The zero-order valence-corrected chi connectivity index (χ0v) is 10.2. The molecule has 1 atom stereocenters. The molecule has 2 N–H and O–H groups in total. The summed E-state index contributed by atoms with van der Waals surface area (Å²) in [5.41, 5.74) is 0.503. The summed E-state index contributed by atoms with van der Waals surface area (Å²) in [6.07, 6.45) is 1.51. The second-order valence-electron chi connectivity index (χ2n) is 3.51. The number of rotatable bonds is 3. The lowest BCUT2D eigenvalue weighted by Gasteiger charge is -2.23. The van der Waals surface area contributed by atoms with Gasteiger partial charge in [0.2, 0.25) is 0 Å². The zero-order valence-electron chi connectivity index (χ0n) is 8.66. The maximum absolute atomic E-state index is 11.7. The van der Waals surface area contributed by atoms with Crippen molar-refractivity contribution in [3.05, 3.63) is 22.6 Å². The fourth-order valence-corrected chi connectivity index (χ4v) is 1.93. The van der Waals surface area contributed by atoms with E-state index in [0.717, 1.165) is 13.1 Å². The standard InChI is InChI=1S/C10H13BrN2O3/c11-9-8(1-3-16-9)10(14)13-6-7-5-12-2-4-15-7/h1,3,7,12H,2,4-6H2,(H,13,14). The first-order valence-corrected chi connectivity index (χ1v) is 5.90. The van der Waals surface area contributed by atoms with Gasteiger partial charge in [-0.3, -0.25) is 4.79 Å². The molecule has 1 unspecified atom stereocenters. The molecule has 0 aromatic carbocycles. The number of hydrogen-bond acceptors (Lipinski definition) is 4. The Morgan fingerprint density at radius 3 is 3.19 bits per heavy atom. The van der Waals surface area contributed by atoms with Crippen LogP contribution in [0.3, 0.4) is 0 Å². The topological polar surface area (TPSA) is 63.5 Å². The van der Waals surface area contributed by atoms with Crippen LogP contribution in [-0.4, -0.2) is 38.3 Å². The van der Waals surface area contributed by atoms with Gasteiger partial charge in [-0.1, -0.05) is 0 Å². The molecular weight excluding hydrogens is 276 g/mol. The van der Waals surface area contributed by atoms with Crippen LogP contribution >= 0.6 is 15.9 Å². The summed E-state index contributed by atoms with van der Waals surface area (Å²) < 4.78 is 10.9. The van der Waals surface area contributed by atoms with Crippen molar-refractivity contribution >= 4 is 21.8 Å². The predicted octanol–water partition coefficient (Wildman–Crippen LogP) is 0.760. The van der Waals surface area contributed by atoms with Crippen LogP contribution in [0.25, 0.3) is 0 Å². The third kappa shape index (κ3) is 2.84. The van der Waals surface area contributed by atoms with E-state index in [1.54, 1.807) is 6.07 Å². The molecule has 88 valence electrons. The molecule has 1 aromatic rings. The first-order valence-electron chi connectivity index (χ1n) is 5.11. The second-order valence-corrected chi connectivity index (χ2v) is 4.24. The molecule has 1 amide bonds. The molecule has 16 heavy (non-hydrogen) atoms. The van der Waals surface area contributed by atoms with Crippen LogP contribution in [0.1, 0.15) is 10.4 Å². The van der Waals surface area contributed by atoms with Crippen molar-refractivity contribution in [2.24, 2.45) is 0 Å². The Hall–Kier alpha value is -0.850. The number of halogens is 1. The summed E-state index contributed by atoms with van der Waals surface area (Å²) in [5, 5.41) is 6.00. The van der Waals surface area contributed by atoms with Gasteiger partial charge in [-0.2, -0.15) is 0 Å². The normalized spacial score (nSPS) is 20.7. The van der Waals surface area contributed by atoms with Crippen molar-refractivity contribution in [3.63, 3.8) is 0 Å². The molecule has 5 nitrogen and oxygen atoms in total. The second kappa shape index (κ2) is 5.47. The lowest BCUT2D eigenvalue weighted by molar-refractivity contribution is 0.0287. The highest BCUT2D eigenvalue weighted by molar-refractivity contribution is 9.10. The lowest BCUT2D eigenvalue weighted by Crippen LogP contribution is -2.45. The Bertz CT molecular complexity index is 361. The van der Waals surface area contributed by atoms with E-state index in [4.69, 9.17) is 9.15 Å². The SMILES string of the molecule is O=C(NCC1CNCCO1)c1ccoc1Br. The number of carbonyl (C=O) groups excluding carboxylic acids is 1. The molecule has 1 aromatic heterocycles. The van der Waals surface area contributed by atoms with Crippen molar-refractivity contribution in [2.45, 2.75) is 6.10 Å². The van der Waals surface area contributed by atoms with Crippen LogP contribution < -0.4 is 10.6 Å². The van der Waals surface area contributed by atoms with Crippen molar-refractivity contribution in [1.29, 1.82) is 0 Å². The summed E-state index contributed by atoms with van der Waals surface area (Å²) in [7, 11) is 0. The van der Waals surface area contributed by atoms with E-state index in [1.807, 2.05) is 0 Å². The van der Waals surface area contributed by atoms with Gasteiger partial charge in [0.15, 0.2) is 4.67 Å². The minimum atomic E-state index is -0.158. The molecule has 0 bridgehead atoms. The number of nitrogens with one attached hydrogen (secondary N) is 2. The van der Waals surface area contributed by atoms with Gasteiger partial charge in [0.25, 0.3) is 5.91 Å². The highest BCUT2D eigenvalue weighted by Gasteiger charge is 2.17. The fourth-order valence-electron chi connectivity index (χ4n) is 1.51. The molecule has 6 heteroatoms. The van der Waals surface area contributed by atoms with E-state index in [9.17, 15) is 4.79 Å². The quantitative estimate of drug-likeness (QED) is 0.862. The number of carbonyl (C=O) groups is 1. The molecular formula is C10H13BrN2O3. The fraction of sp³-hybridized carbons (Fsp3) is 0.500. The average molecular weight is 289 g/mol. The maximum Gasteiger partial charge on any atom is 0.255 e. The van der Waals surface area contributed by atoms with Crippen LogP contribution in [0.4, 0.5) is 0 Å². The lowest BCUT2D eigenvalue weighted by atomic mass is 10.3. The van der Waals surface area contributed by atoms with Gasteiger partial charge in [0.05, 0.1) is 24.5 Å². The van der Waals surface area contributed by atoms with Gasteiger partial charge in [0.1, 0.15) is 0 Å². The minimum Gasteiger partial charge on any atom is -0.457 e. The summed E-state index contributed by atoms with van der Waals surface area (Å²) >= 11 is 3.16. The molecule has 0 aliphatic carbocycles. The van der Waals surface area contributed by atoms with Crippen molar-refractivity contribution < 1.29 is 13.9 Å². The Labute approximate surface area is 102 Å². The average Bonchev–Trinajstić information content (AvgIpc) is 2.74. The molecule has 1 saturated heterocycles. The van der Waals surface area contributed by atoms with Crippen LogP contribution in [0.2, 0.25) is 0 Å². The molecule has 2 heterocycles. The number of amides is 1. The molecule has 0 spiro atoms. The number of hydrogen-bond donors (Lipinski definition) is 2. The summed E-state index contributed by atoms with van der Waals surface area (Å²) in [5.74, 6) is -0.158. The molecule has 0 saturated carbocycles. The predicted molar refractivity (Wildman–Crippen MR) is 61.4 cm³/mol. The Morgan fingerprint density at radius 1 is 1.69 bits per heavy atom. The summed E-state index contributed by atoms with van der Waals surface area (Å²) in [6, 6.07) is 1.62. The van der Waals surface area contributed by atoms with Crippen LogP contribution in [-0.2, 0) is 4.74 Å².